The molecule has 2 aromatic rings. The molecule has 0 radical (unpaired) electrons. The van der Waals surface area contributed by atoms with E-state index < -0.39 is 0 Å². The first-order chi connectivity index (χ1) is 14.2. The van der Waals surface area contributed by atoms with Crippen LogP contribution < -0.4 is 21.3 Å². The second-order valence-corrected chi connectivity index (χ2v) is 6.94. The summed E-state index contributed by atoms with van der Waals surface area (Å²) in [4.78, 5) is 17.2. The monoisotopic (exact) mass is 391 g/mol. The summed E-state index contributed by atoms with van der Waals surface area (Å²) < 4.78 is 0. The summed E-state index contributed by atoms with van der Waals surface area (Å²) in [6.07, 6.45) is 6.89. The van der Waals surface area contributed by atoms with Gasteiger partial charge in [0.05, 0.1) is 17.1 Å². The van der Waals surface area contributed by atoms with Crippen LogP contribution in [0.5, 0.6) is 0 Å². The van der Waals surface area contributed by atoms with Crippen molar-refractivity contribution in [3.05, 3.63) is 53.7 Å². The van der Waals surface area contributed by atoms with Crippen molar-refractivity contribution < 1.29 is 4.79 Å². The summed E-state index contributed by atoms with van der Waals surface area (Å²) in [5.74, 6) is 0. The molecule has 0 fully saturated rings. The third-order valence-electron chi connectivity index (χ3n) is 5.15. The van der Waals surface area contributed by atoms with Crippen LogP contribution in [0.1, 0.15) is 24.0 Å². The third-order valence-corrected chi connectivity index (χ3v) is 5.15. The van der Waals surface area contributed by atoms with Gasteiger partial charge in [0.1, 0.15) is 6.29 Å². The van der Waals surface area contributed by atoms with Gasteiger partial charge in [-0.15, -0.1) is 0 Å². The van der Waals surface area contributed by atoms with E-state index in [2.05, 4.69) is 50.9 Å². The lowest BCUT2D eigenvalue weighted by molar-refractivity contribution is -0.107. The van der Waals surface area contributed by atoms with Gasteiger partial charge in [-0.3, -0.25) is 4.99 Å². The van der Waals surface area contributed by atoms with Crippen molar-refractivity contribution in [2.24, 2.45) is 10.7 Å². The highest BCUT2D eigenvalue weighted by Crippen LogP contribution is 2.41. The molecular weight excluding hydrogens is 362 g/mol. The molecule has 1 aliphatic rings. The average Bonchev–Trinajstić information content (AvgIpc) is 2.77. The van der Waals surface area contributed by atoms with Crippen molar-refractivity contribution in [2.45, 2.75) is 19.3 Å². The molecule has 1 heterocycles. The molecule has 0 spiro atoms. The molecule has 152 valence electrons. The van der Waals surface area contributed by atoms with Crippen LogP contribution in [0.25, 0.3) is 5.57 Å². The molecule has 0 atom stereocenters. The molecule has 2 aromatic carbocycles. The van der Waals surface area contributed by atoms with E-state index in [4.69, 9.17) is 5.73 Å². The normalized spacial score (nSPS) is 14.0. The minimum Gasteiger partial charge on any atom is -0.404 e. The van der Waals surface area contributed by atoms with Crippen LogP contribution in [-0.2, 0) is 11.2 Å². The van der Waals surface area contributed by atoms with Crippen LogP contribution in [-0.4, -0.2) is 39.7 Å². The van der Waals surface area contributed by atoms with Gasteiger partial charge in [-0.05, 0) is 48.2 Å². The van der Waals surface area contributed by atoms with E-state index in [1.165, 1.54) is 11.3 Å². The zero-order chi connectivity index (χ0) is 20.6. The van der Waals surface area contributed by atoms with Crippen molar-refractivity contribution in [1.29, 1.82) is 0 Å². The number of carbonyl (C=O) groups is 1. The van der Waals surface area contributed by atoms with Crippen molar-refractivity contribution in [2.75, 3.05) is 42.7 Å². The molecule has 3 rings (SSSR count). The number of nitrogens with one attached hydrogen (secondary N) is 2. The Bertz CT molecular complexity index is 919. The predicted molar refractivity (Wildman–Crippen MR) is 124 cm³/mol. The Morgan fingerprint density at radius 3 is 2.86 bits per heavy atom. The lowest BCUT2D eigenvalue weighted by atomic mass is 9.96. The molecule has 0 saturated carbocycles. The first-order valence-electron chi connectivity index (χ1n) is 9.96. The van der Waals surface area contributed by atoms with Crippen molar-refractivity contribution >= 4 is 40.8 Å². The lowest BCUT2D eigenvalue weighted by Crippen LogP contribution is -2.26. The van der Waals surface area contributed by atoms with Crippen LogP contribution in [0.15, 0.2) is 47.6 Å². The zero-order valence-electron chi connectivity index (χ0n) is 17.1. The Labute approximate surface area is 172 Å². The number of aryl methyl sites for hydroxylation is 1. The molecule has 0 unspecified atom stereocenters. The summed E-state index contributed by atoms with van der Waals surface area (Å²) in [5, 5.41) is 6.70. The highest BCUT2D eigenvalue weighted by atomic mass is 16.1. The second kappa shape index (κ2) is 9.78. The average molecular weight is 392 g/mol. The molecular formula is C23H29N5O. The van der Waals surface area contributed by atoms with Gasteiger partial charge in [0.2, 0.25) is 0 Å². The standard InChI is InChI=1S/C23H29N5O/c1-25-16-19(15-24)17-9-10-21-18(14-17)6-4-12-28(21)22-8-3-7-20(26-2)23(22)27-11-5-13-29/h3,7-10,13-16,26-27H,4-6,11-12,24H2,1-2H3. The topological polar surface area (TPSA) is 82.8 Å². The number of fused-ring (bicyclic) bond motifs is 1. The Balaban J connectivity index is 2.01. The highest BCUT2D eigenvalue weighted by Gasteiger charge is 2.22. The van der Waals surface area contributed by atoms with Gasteiger partial charge < -0.3 is 26.1 Å². The number of carbonyl (C=O) groups excluding carboxylic acids is 1. The van der Waals surface area contributed by atoms with Crippen LogP contribution in [0.3, 0.4) is 0 Å². The maximum absolute atomic E-state index is 10.8. The number of nitrogens with two attached hydrogens (primary N) is 1. The van der Waals surface area contributed by atoms with Gasteiger partial charge in [0.25, 0.3) is 0 Å². The molecule has 6 nitrogen and oxygen atoms in total. The minimum absolute atomic E-state index is 0.477. The first kappa shape index (κ1) is 20.5. The van der Waals surface area contributed by atoms with E-state index in [0.29, 0.717) is 13.0 Å². The third kappa shape index (κ3) is 4.42. The van der Waals surface area contributed by atoms with Gasteiger partial charge >= 0.3 is 0 Å². The SMILES string of the molecule is CN=CC(=CN)c1ccc2c(c1)CCCN2c1cccc(NC)c1NCCC=O. The lowest BCUT2D eigenvalue weighted by Gasteiger charge is -2.34. The zero-order valence-corrected chi connectivity index (χ0v) is 17.1. The maximum Gasteiger partial charge on any atom is 0.121 e. The Morgan fingerprint density at radius 1 is 1.28 bits per heavy atom. The fourth-order valence-corrected chi connectivity index (χ4v) is 3.80. The number of hydrogen-bond acceptors (Lipinski definition) is 6. The van der Waals surface area contributed by atoms with Crippen LogP contribution >= 0.6 is 0 Å². The Kier molecular flexibility index (Phi) is 6.89. The summed E-state index contributed by atoms with van der Waals surface area (Å²) in [6, 6.07) is 12.7. The van der Waals surface area contributed by atoms with E-state index in [0.717, 1.165) is 53.9 Å². The fraction of sp³-hybridized carbons (Fsp3) is 0.304. The Morgan fingerprint density at radius 2 is 2.14 bits per heavy atom. The summed E-state index contributed by atoms with van der Waals surface area (Å²) >= 11 is 0. The molecule has 4 N–H and O–H groups in total. The molecule has 0 aliphatic carbocycles. The maximum atomic E-state index is 10.8. The van der Waals surface area contributed by atoms with Crippen LogP contribution in [0.2, 0.25) is 0 Å². The summed E-state index contributed by atoms with van der Waals surface area (Å²) in [5.41, 5.74) is 13.4. The van der Waals surface area contributed by atoms with Crippen molar-refractivity contribution in [1.82, 2.24) is 0 Å². The van der Waals surface area contributed by atoms with Gasteiger partial charge in [0.15, 0.2) is 0 Å². The number of aldehydes is 1. The fourth-order valence-electron chi connectivity index (χ4n) is 3.80. The number of benzene rings is 2. The Hall–Kier alpha value is -3.28. The van der Waals surface area contributed by atoms with Gasteiger partial charge in [-0.25, -0.2) is 0 Å². The highest BCUT2D eigenvalue weighted by molar-refractivity contribution is 6.09. The number of nitrogens with zero attached hydrogens (tertiary/aromatic N) is 2. The molecule has 0 aromatic heterocycles. The van der Waals surface area contributed by atoms with Crippen molar-refractivity contribution in [3.8, 4) is 0 Å². The first-order valence-corrected chi connectivity index (χ1v) is 9.96. The molecule has 0 saturated heterocycles. The van der Waals surface area contributed by atoms with E-state index in [9.17, 15) is 4.79 Å². The smallest absolute Gasteiger partial charge is 0.121 e. The largest absolute Gasteiger partial charge is 0.404 e. The number of hydrogen-bond donors (Lipinski definition) is 3. The number of allylic oxidation sites excluding steroid dienone is 1. The number of rotatable bonds is 8. The molecule has 0 bridgehead atoms. The van der Waals surface area contributed by atoms with Gasteiger partial charge in [0, 0.05) is 57.3 Å². The number of para-hydroxylation sites is 1. The van der Waals surface area contributed by atoms with E-state index in [1.54, 1.807) is 19.5 Å². The van der Waals surface area contributed by atoms with E-state index >= 15 is 0 Å². The molecule has 1 aliphatic heterocycles. The van der Waals surface area contributed by atoms with Crippen LogP contribution in [0.4, 0.5) is 22.7 Å². The van der Waals surface area contributed by atoms with Crippen LogP contribution in [0, 0.1) is 0 Å². The van der Waals surface area contributed by atoms with E-state index in [-0.39, 0.29) is 0 Å². The number of anilines is 4. The summed E-state index contributed by atoms with van der Waals surface area (Å²) in [6.45, 7) is 1.55. The molecule has 0 amide bonds. The molecule has 6 heteroatoms. The quantitative estimate of drug-likeness (QED) is 0.362. The van der Waals surface area contributed by atoms with Gasteiger partial charge in [-0.2, -0.15) is 0 Å². The van der Waals surface area contributed by atoms with Crippen molar-refractivity contribution in [3.63, 3.8) is 0 Å². The minimum atomic E-state index is 0.477. The predicted octanol–water partition coefficient (Wildman–Crippen LogP) is 3.81. The molecule has 29 heavy (non-hydrogen) atoms. The second-order valence-electron chi connectivity index (χ2n) is 6.94. The van der Waals surface area contributed by atoms with E-state index in [1.807, 2.05) is 13.1 Å². The summed E-state index contributed by atoms with van der Waals surface area (Å²) in [7, 11) is 3.66. The van der Waals surface area contributed by atoms with Gasteiger partial charge in [-0.1, -0.05) is 12.1 Å². The number of aliphatic imine (C=N–C) groups is 1.